The van der Waals surface area contributed by atoms with Gasteiger partial charge in [0.05, 0.1) is 11.2 Å². The molecule has 0 bridgehead atoms. The van der Waals surface area contributed by atoms with E-state index in [4.69, 9.17) is 4.84 Å². The fourth-order valence-electron chi connectivity index (χ4n) is 0.978. The van der Waals surface area contributed by atoms with E-state index in [1.165, 1.54) is 0 Å². The maximum atomic E-state index is 13.0. The SMILES string of the molecule is CC(C)(C)ONC(=O)c1ccc(F)c(F)c1O. The Hall–Kier alpha value is -1.69. The van der Waals surface area contributed by atoms with Gasteiger partial charge in [-0.1, -0.05) is 0 Å². The number of carbonyl (C=O) groups excluding carboxylic acids is 1. The molecule has 0 fully saturated rings. The normalized spacial score (nSPS) is 11.4. The van der Waals surface area contributed by atoms with Crippen LogP contribution in [0.25, 0.3) is 0 Å². The summed E-state index contributed by atoms with van der Waals surface area (Å²) < 4.78 is 25.7. The van der Waals surface area contributed by atoms with Gasteiger partial charge in [-0.2, -0.15) is 4.39 Å². The average Bonchev–Trinajstić information content (AvgIpc) is 2.22. The van der Waals surface area contributed by atoms with Crippen LogP contribution in [0.2, 0.25) is 0 Å². The summed E-state index contributed by atoms with van der Waals surface area (Å²) in [5, 5.41) is 9.25. The van der Waals surface area contributed by atoms with Gasteiger partial charge in [0.2, 0.25) is 5.82 Å². The first-order valence-electron chi connectivity index (χ1n) is 4.87. The molecule has 94 valence electrons. The van der Waals surface area contributed by atoms with Gasteiger partial charge in [0.1, 0.15) is 0 Å². The summed E-state index contributed by atoms with van der Waals surface area (Å²) in [5.41, 5.74) is 1.01. The van der Waals surface area contributed by atoms with Crippen LogP contribution in [0.1, 0.15) is 31.1 Å². The van der Waals surface area contributed by atoms with Gasteiger partial charge >= 0.3 is 0 Å². The highest BCUT2D eigenvalue weighted by molar-refractivity contribution is 5.96. The van der Waals surface area contributed by atoms with E-state index >= 15 is 0 Å². The molecule has 1 aromatic rings. The van der Waals surface area contributed by atoms with Crippen LogP contribution in [-0.4, -0.2) is 16.6 Å². The van der Waals surface area contributed by atoms with Gasteiger partial charge < -0.3 is 5.11 Å². The molecule has 0 aliphatic heterocycles. The van der Waals surface area contributed by atoms with Crippen molar-refractivity contribution in [3.63, 3.8) is 0 Å². The number of halogens is 2. The maximum Gasteiger partial charge on any atom is 0.278 e. The number of phenolic OH excluding ortho intramolecular Hbond substituents is 1. The Bertz CT molecular complexity index is 441. The van der Waals surface area contributed by atoms with Gasteiger partial charge in [-0.3, -0.25) is 9.63 Å². The second-order valence-electron chi connectivity index (χ2n) is 4.40. The zero-order valence-corrected chi connectivity index (χ0v) is 9.67. The quantitative estimate of drug-likeness (QED) is 0.785. The monoisotopic (exact) mass is 245 g/mol. The summed E-state index contributed by atoms with van der Waals surface area (Å²) in [6.07, 6.45) is 0. The van der Waals surface area contributed by atoms with Gasteiger partial charge in [-0.05, 0) is 32.9 Å². The number of nitrogens with one attached hydrogen (secondary N) is 1. The Morgan fingerprint density at radius 3 is 2.47 bits per heavy atom. The van der Waals surface area contributed by atoms with Gasteiger partial charge in [0.25, 0.3) is 5.91 Å². The predicted octanol–water partition coefficient (Wildman–Crippen LogP) is 2.13. The third kappa shape index (κ3) is 3.39. The number of phenols is 1. The molecule has 0 aliphatic carbocycles. The van der Waals surface area contributed by atoms with E-state index in [1.54, 1.807) is 20.8 Å². The lowest BCUT2D eigenvalue weighted by Crippen LogP contribution is -2.33. The van der Waals surface area contributed by atoms with Crippen molar-refractivity contribution in [2.75, 3.05) is 0 Å². The molecule has 0 heterocycles. The molecule has 6 heteroatoms. The van der Waals surface area contributed by atoms with Crippen molar-refractivity contribution in [3.8, 4) is 5.75 Å². The first-order valence-corrected chi connectivity index (χ1v) is 4.87. The number of rotatable bonds is 2. The molecular weight excluding hydrogens is 232 g/mol. The minimum absolute atomic E-state index is 0.395. The van der Waals surface area contributed by atoms with Crippen LogP contribution < -0.4 is 5.48 Å². The Kier molecular flexibility index (Phi) is 3.67. The third-order valence-corrected chi connectivity index (χ3v) is 1.76. The van der Waals surface area contributed by atoms with Crippen LogP contribution >= 0.6 is 0 Å². The highest BCUT2D eigenvalue weighted by Crippen LogP contribution is 2.23. The Morgan fingerprint density at radius 2 is 1.94 bits per heavy atom. The van der Waals surface area contributed by atoms with Crippen LogP contribution in [0.4, 0.5) is 8.78 Å². The largest absolute Gasteiger partial charge is 0.504 e. The van der Waals surface area contributed by atoms with Gasteiger partial charge in [0.15, 0.2) is 11.6 Å². The van der Waals surface area contributed by atoms with E-state index in [1.807, 2.05) is 5.48 Å². The summed E-state index contributed by atoms with van der Waals surface area (Å²) in [5.74, 6) is -4.58. The van der Waals surface area contributed by atoms with E-state index in [0.717, 1.165) is 12.1 Å². The molecule has 4 nitrogen and oxygen atoms in total. The lowest BCUT2D eigenvalue weighted by molar-refractivity contribution is -0.0590. The van der Waals surface area contributed by atoms with Gasteiger partial charge in [0, 0.05) is 0 Å². The molecule has 0 radical (unpaired) electrons. The topological polar surface area (TPSA) is 58.6 Å². The van der Waals surface area contributed by atoms with E-state index in [-0.39, 0.29) is 0 Å². The Balaban J connectivity index is 2.87. The summed E-state index contributed by atoms with van der Waals surface area (Å²) in [6, 6.07) is 1.72. The first kappa shape index (κ1) is 13.4. The van der Waals surface area contributed by atoms with Crippen LogP contribution in [0.3, 0.4) is 0 Å². The van der Waals surface area contributed by atoms with Crippen molar-refractivity contribution >= 4 is 5.91 Å². The first-order chi connectivity index (χ1) is 7.72. The van der Waals surface area contributed by atoms with E-state index in [0.29, 0.717) is 0 Å². The molecule has 1 amide bonds. The number of hydroxylamine groups is 1. The minimum Gasteiger partial charge on any atom is -0.504 e. The molecule has 0 aromatic heterocycles. The molecule has 0 atom stereocenters. The fraction of sp³-hybridized carbons (Fsp3) is 0.364. The second kappa shape index (κ2) is 4.67. The number of hydrogen-bond acceptors (Lipinski definition) is 3. The molecule has 2 N–H and O–H groups in total. The van der Waals surface area contributed by atoms with E-state index in [9.17, 15) is 18.7 Å². The molecule has 17 heavy (non-hydrogen) atoms. The molecular formula is C11H13F2NO3. The summed E-state index contributed by atoms with van der Waals surface area (Å²) in [6.45, 7) is 5.08. The smallest absolute Gasteiger partial charge is 0.278 e. The van der Waals surface area contributed by atoms with Crippen molar-refractivity contribution < 1.29 is 23.5 Å². The Morgan fingerprint density at radius 1 is 1.35 bits per heavy atom. The Labute approximate surface area is 97.2 Å². The lowest BCUT2D eigenvalue weighted by atomic mass is 10.2. The number of aromatic hydroxyl groups is 1. The summed E-state index contributed by atoms with van der Waals surface area (Å²) in [4.78, 5) is 16.4. The van der Waals surface area contributed by atoms with Gasteiger partial charge in [-0.25, -0.2) is 9.87 Å². The maximum absolute atomic E-state index is 13.0. The summed E-state index contributed by atoms with van der Waals surface area (Å²) in [7, 11) is 0. The van der Waals surface area contributed by atoms with Crippen molar-refractivity contribution in [1.82, 2.24) is 5.48 Å². The van der Waals surface area contributed by atoms with Crippen molar-refractivity contribution in [1.29, 1.82) is 0 Å². The lowest BCUT2D eigenvalue weighted by Gasteiger charge is -2.19. The number of benzene rings is 1. The van der Waals surface area contributed by atoms with E-state index < -0.39 is 34.5 Å². The van der Waals surface area contributed by atoms with Crippen LogP contribution in [0, 0.1) is 11.6 Å². The minimum atomic E-state index is -1.46. The zero-order chi connectivity index (χ0) is 13.2. The molecule has 1 aromatic carbocycles. The molecule has 0 spiro atoms. The number of carbonyl (C=O) groups is 1. The standard InChI is InChI=1S/C11H13F2NO3/c1-11(2,3)17-14-10(16)6-4-5-7(12)8(13)9(6)15/h4-5,15H,1-3H3,(H,14,16). The average molecular weight is 245 g/mol. The molecule has 0 unspecified atom stereocenters. The third-order valence-electron chi connectivity index (χ3n) is 1.76. The van der Waals surface area contributed by atoms with E-state index in [2.05, 4.69) is 0 Å². The number of hydrogen-bond donors (Lipinski definition) is 2. The fourth-order valence-corrected chi connectivity index (χ4v) is 0.978. The molecule has 0 saturated heterocycles. The molecule has 0 aliphatic rings. The van der Waals surface area contributed by atoms with Crippen LogP contribution in [0.5, 0.6) is 5.75 Å². The summed E-state index contributed by atoms with van der Waals surface area (Å²) >= 11 is 0. The highest BCUT2D eigenvalue weighted by atomic mass is 19.2. The van der Waals surface area contributed by atoms with Crippen molar-refractivity contribution in [2.24, 2.45) is 0 Å². The predicted molar refractivity (Wildman–Crippen MR) is 56.3 cm³/mol. The van der Waals surface area contributed by atoms with Crippen LogP contribution in [-0.2, 0) is 4.84 Å². The zero-order valence-electron chi connectivity index (χ0n) is 9.67. The number of amides is 1. The second-order valence-corrected chi connectivity index (χ2v) is 4.40. The van der Waals surface area contributed by atoms with Crippen molar-refractivity contribution in [3.05, 3.63) is 29.3 Å². The van der Waals surface area contributed by atoms with Gasteiger partial charge in [-0.15, -0.1) is 0 Å². The molecule has 0 saturated carbocycles. The van der Waals surface area contributed by atoms with Crippen molar-refractivity contribution in [2.45, 2.75) is 26.4 Å². The van der Waals surface area contributed by atoms with Crippen LogP contribution in [0.15, 0.2) is 12.1 Å². The molecule has 1 rings (SSSR count). The highest BCUT2D eigenvalue weighted by Gasteiger charge is 2.20.